The highest BCUT2D eigenvalue weighted by Gasteiger charge is 2.16. The van der Waals surface area contributed by atoms with Gasteiger partial charge in [0.25, 0.3) is 5.91 Å². The van der Waals surface area contributed by atoms with Crippen LogP contribution in [0.1, 0.15) is 16.2 Å². The Morgan fingerprint density at radius 3 is 3.19 bits per heavy atom. The zero-order valence-electron chi connectivity index (χ0n) is 10.9. The first-order chi connectivity index (χ1) is 10.2. The van der Waals surface area contributed by atoms with Crippen LogP contribution in [-0.2, 0) is 11.3 Å². The number of methoxy groups -OCH3 is 1. The SMILES string of the molecule is COCc1nsc(NC(=O)c2cc(F)cc3[nH]cnc23)n1. The van der Waals surface area contributed by atoms with Gasteiger partial charge in [0, 0.05) is 18.6 Å². The first kappa shape index (κ1) is 13.6. The molecule has 0 saturated heterocycles. The van der Waals surface area contributed by atoms with Crippen LogP contribution in [0.3, 0.4) is 0 Å². The third-order valence-electron chi connectivity index (χ3n) is 2.70. The summed E-state index contributed by atoms with van der Waals surface area (Å²) in [6, 6.07) is 2.41. The summed E-state index contributed by atoms with van der Waals surface area (Å²) in [5, 5.41) is 2.90. The molecule has 0 aliphatic heterocycles. The Balaban J connectivity index is 1.87. The molecule has 0 aliphatic carbocycles. The van der Waals surface area contributed by atoms with E-state index in [1.807, 2.05) is 0 Å². The molecule has 7 nitrogen and oxygen atoms in total. The van der Waals surface area contributed by atoms with Crippen molar-refractivity contribution in [2.45, 2.75) is 6.61 Å². The molecular weight excluding hydrogens is 297 g/mol. The Morgan fingerprint density at radius 1 is 1.52 bits per heavy atom. The van der Waals surface area contributed by atoms with Gasteiger partial charge in [0.05, 0.1) is 17.4 Å². The molecule has 21 heavy (non-hydrogen) atoms. The highest BCUT2D eigenvalue weighted by Crippen LogP contribution is 2.19. The number of nitrogens with zero attached hydrogens (tertiary/aromatic N) is 3. The third-order valence-corrected chi connectivity index (χ3v) is 3.36. The number of anilines is 1. The third kappa shape index (κ3) is 2.73. The number of aromatic nitrogens is 4. The Bertz CT molecular complexity index is 800. The van der Waals surface area contributed by atoms with Gasteiger partial charge in [-0.15, -0.1) is 0 Å². The highest BCUT2D eigenvalue weighted by atomic mass is 32.1. The van der Waals surface area contributed by atoms with Gasteiger partial charge in [-0.25, -0.2) is 14.4 Å². The van der Waals surface area contributed by atoms with Crippen molar-refractivity contribution >= 4 is 33.6 Å². The number of amides is 1. The molecule has 0 radical (unpaired) electrons. The summed E-state index contributed by atoms with van der Waals surface area (Å²) < 4.78 is 22.4. The number of halogens is 1. The Labute approximate surface area is 122 Å². The molecule has 2 N–H and O–H groups in total. The molecular formula is C12H10FN5O2S. The molecule has 0 unspecified atom stereocenters. The normalized spacial score (nSPS) is 11.0. The van der Waals surface area contributed by atoms with Crippen molar-refractivity contribution in [1.82, 2.24) is 19.3 Å². The molecule has 0 atom stereocenters. The Hall–Kier alpha value is -2.39. The number of benzene rings is 1. The van der Waals surface area contributed by atoms with E-state index in [0.29, 0.717) is 22.0 Å². The van der Waals surface area contributed by atoms with E-state index in [0.717, 1.165) is 17.6 Å². The smallest absolute Gasteiger partial charge is 0.259 e. The average molecular weight is 307 g/mol. The van der Waals surface area contributed by atoms with Crippen molar-refractivity contribution in [1.29, 1.82) is 0 Å². The van der Waals surface area contributed by atoms with Crippen LogP contribution in [0.2, 0.25) is 0 Å². The zero-order valence-corrected chi connectivity index (χ0v) is 11.7. The predicted molar refractivity (Wildman–Crippen MR) is 74.6 cm³/mol. The molecule has 0 saturated carbocycles. The second-order valence-corrected chi connectivity index (χ2v) is 4.91. The van der Waals surface area contributed by atoms with Gasteiger partial charge in [-0.2, -0.15) is 4.37 Å². The maximum Gasteiger partial charge on any atom is 0.259 e. The number of hydrogen-bond acceptors (Lipinski definition) is 6. The fourth-order valence-corrected chi connectivity index (χ4v) is 2.41. The molecule has 108 valence electrons. The van der Waals surface area contributed by atoms with Crippen molar-refractivity contribution in [3.05, 3.63) is 35.7 Å². The van der Waals surface area contributed by atoms with Gasteiger partial charge in [0.15, 0.2) is 5.82 Å². The van der Waals surface area contributed by atoms with E-state index in [2.05, 4.69) is 24.6 Å². The summed E-state index contributed by atoms with van der Waals surface area (Å²) in [7, 11) is 1.53. The summed E-state index contributed by atoms with van der Waals surface area (Å²) in [5.41, 5.74) is 0.989. The fraction of sp³-hybridized carbons (Fsp3) is 0.167. The van der Waals surface area contributed by atoms with Gasteiger partial charge in [-0.3, -0.25) is 10.1 Å². The number of carbonyl (C=O) groups excluding carboxylic acids is 1. The number of carbonyl (C=O) groups is 1. The first-order valence-electron chi connectivity index (χ1n) is 5.93. The van der Waals surface area contributed by atoms with E-state index in [9.17, 15) is 9.18 Å². The lowest BCUT2D eigenvalue weighted by Gasteiger charge is -2.02. The topological polar surface area (TPSA) is 92.8 Å². The number of ether oxygens (including phenoxy) is 1. The van der Waals surface area contributed by atoms with E-state index in [1.165, 1.54) is 19.5 Å². The molecule has 2 aromatic heterocycles. The molecule has 0 spiro atoms. The van der Waals surface area contributed by atoms with Crippen LogP contribution in [0.25, 0.3) is 11.0 Å². The van der Waals surface area contributed by atoms with Crippen LogP contribution in [0.15, 0.2) is 18.5 Å². The lowest BCUT2D eigenvalue weighted by atomic mass is 10.1. The van der Waals surface area contributed by atoms with Crippen LogP contribution in [0, 0.1) is 5.82 Å². The van der Waals surface area contributed by atoms with Gasteiger partial charge in [-0.1, -0.05) is 0 Å². The summed E-state index contributed by atoms with van der Waals surface area (Å²) in [6.07, 6.45) is 1.41. The summed E-state index contributed by atoms with van der Waals surface area (Å²) in [5.74, 6) is -0.539. The number of hydrogen-bond donors (Lipinski definition) is 2. The fourth-order valence-electron chi connectivity index (χ4n) is 1.84. The highest BCUT2D eigenvalue weighted by molar-refractivity contribution is 7.09. The number of fused-ring (bicyclic) bond motifs is 1. The summed E-state index contributed by atoms with van der Waals surface area (Å²) in [6.45, 7) is 0.260. The van der Waals surface area contributed by atoms with Crippen molar-refractivity contribution in [2.75, 3.05) is 12.4 Å². The molecule has 0 bridgehead atoms. The maximum atomic E-state index is 13.5. The minimum atomic E-state index is -0.519. The van der Waals surface area contributed by atoms with E-state index < -0.39 is 11.7 Å². The van der Waals surface area contributed by atoms with E-state index in [1.54, 1.807) is 0 Å². The van der Waals surface area contributed by atoms with Gasteiger partial charge in [0.2, 0.25) is 5.13 Å². The van der Waals surface area contributed by atoms with Crippen LogP contribution in [0.4, 0.5) is 9.52 Å². The lowest BCUT2D eigenvalue weighted by molar-refractivity contribution is 0.102. The number of aromatic amines is 1. The molecule has 3 aromatic rings. The molecule has 1 aromatic carbocycles. The zero-order chi connectivity index (χ0) is 14.8. The molecule has 0 fully saturated rings. The van der Waals surface area contributed by atoms with Crippen molar-refractivity contribution in [3.8, 4) is 0 Å². The molecule has 9 heteroatoms. The van der Waals surface area contributed by atoms with Crippen LogP contribution < -0.4 is 5.32 Å². The molecule has 0 aliphatic rings. The number of rotatable bonds is 4. The quantitative estimate of drug-likeness (QED) is 0.768. The van der Waals surface area contributed by atoms with Gasteiger partial charge in [-0.05, 0) is 12.1 Å². The van der Waals surface area contributed by atoms with Crippen LogP contribution >= 0.6 is 11.5 Å². The van der Waals surface area contributed by atoms with Crippen LogP contribution in [0.5, 0.6) is 0 Å². The standard InChI is InChI=1S/C12H10FN5O2S/c1-20-4-9-16-12(21-18-9)17-11(19)7-2-6(13)3-8-10(7)15-5-14-8/h2-3,5H,4H2,1H3,(H,14,15)(H,16,17,18,19). The maximum absolute atomic E-state index is 13.5. The second kappa shape index (κ2) is 5.54. The molecule has 3 rings (SSSR count). The largest absolute Gasteiger partial charge is 0.377 e. The Morgan fingerprint density at radius 2 is 2.38 bits per heavy atom. The predicted octanol–water partition coefficient (Wildman–Crippen LogP) is 1.95. The summed E-state index contributed by atoms with van der Waals surface area (Å²) in [4.78, 5) is 23.1. The molecule has 1 amide bonds. The summed E-state index contributed by atoms with van der Waals surface area (Å²) >= 11 is 1.03. The van der Waals surface area contributed by atoms with Gasteiger partial charge in [0.1, 0.15) is 17.9 Å². The van der Waals surface area contributed by atoms with E-state index in [-0.39, 0.29) is 12.2 Å². The van der Waals surface area contributed by atoms with Gasteiger partial charge < -0.3 is 9.72 Å². The van der Waals surface area contributed by atoms with Crippen molar-refractivity contribution < 1.29 is 13.9 Å². The first-order valence-corrected chi connectivity index (χ1v) is 6.70. The minimum absolute atomic E-state index is 0.134. The lowest BCUT2D eigenvalue weighted by Crippen LogP contribution is -2.12. The monoisotopic (exact) mass is 307 g/mol. The van der Waals surface area contributed by atoms with Crippen LogP contribution in [-0.4, -0.2) is 32.3 Å². The number of H-pyrrole nitrogens is 1. The average Bonchev–Trinajstić information content (AvgIpc) is 3.07. The van der Waals surface area contributed by atoms with E-state index >= 15 is 0 Å². The van der Waals surface area contributed by atoms with Crippen molar-refractivity contribution in [3.63, 3.8) is 0 Å². The Kier molecular flexibility index (Phi) is 3.59. The number of imidazole rings is 1. The minimum Gasteiger partial charge on any atom is -0.377 e. The van der Waals surface area contributed by atoms with E-state index in [4.69, 9.17) is 4.74 Å². The van der Waals surface area contributed by atoms with Crippen molar-refractivity contribution in [2.24, 2.45) is 0 Å². The molecule has 2 heterocycles. The second-order valence-electron chi connectivity index (χ2n) is 4.15. The van der Waals surface area contributed by atoms with Gasteiger partial charge >= 0.3 is 0 Å². The number of nitrogens with one attached hydrogen (secondary N) is 2.